The molecule has 1 heteroatoms. The van der Waals surface area contributed by atoms with Crippen LogP contribution in [0.4, 0.5) is 0 Å². The van der Waals surface area contributed by atoms with Gasteiger partial charge >= 0.3 is 0 Å². The van der Waals surface area contributed by atoms with Crippen molar-refractivity contribution in [1.82, 2.24) is 0 Å². The van der Waals surface area contributed by atoms with Crippen molar-refractivity contribution in [3.8, 4) is 0 Å². The van der Waals surface area contributed by atoms with Crippen molar-refractivity contribution in [3.05, 3.63) is 0 Å². The van der Waals surface area contributed by atoms with E-state index in [1.807, 2.05) is 0 Å². The molecule has 80 valence electrons. The van der Waals surface area contributed by atoms with E-state index in [2.05, 4.69) is 26.5 Å². The van der Waals surface area contributed by atoms with Crippen LogP contribution < -0.4 is 0 Å². The highest BCUT2D eigenvalue weighted by molar-refractivity contribution is 7.80. The minimum atomic E-state index is 0.954. The van der Waals surface area contributed by atoms with Crippen LogP contribution in [0.1, 0.15) is 65.2 Å². The van der Waals surface area contributed by atoms with Gasteiger partial charge in [0.2, 0.25) is 0 Å². The highest BCUT2D eigenvalue weighted by Gasteiger charge is 1.99. The molecule has 0 rings (SSSR count). The summed E-state index contributed by atoms with van der Waals surface area (Å²) in [6, 6.07) is 0. The maximum absolute atomic E-state index is 4.21. The van der Waals surface area contributed by atoms with Crippen LogP contribution in [-0.4, -0.2) is 5.75 Å². The van der Waals surface area contributed by atoms with Crippen molar-refractivity contribution in [3.63, 3.8) is 0 Å². The standard InChI is InChI=1S/C12H26S/c1-3-9-12(2)10-7-5-4-6-8-11-13/h12-13H,3-11H2,1-2H3. The smallest absolute Gasteiger partial charge is 0.00979 e. The lowest BCUT2D eigenvalue weighted by Gasteiger charge is -2.08. The van der Waals surface area contributed by atoms with Crippen LogP contribution in [0.15, 0.2) is 0 Å². The molecular weight excluding hydrogens is 176 g/mol. The van der Waals surface area contributed by atoms with Gasteiger partial charge in [0.1, 0.15) is 0 Å². The Hall–Kier alpha value is 0.350. The van der Waals surface area contributed by atoms with Gasteiger partial charge in [0.15, 0.2) is 0 Å². The van der Waals surface area contributed by atoms with Crippen molar-refractivity contribution in [2.75, 3.05) is 5.75 Å². The highest BCUT2D eigenvalue weighted by Crippen LogP contribution is 2.15. The number of unbranched alkanes of at least 4 members (excludes halogenated alkanes) is 4. The second-order valence-corrected chi connectivity index (χ2v) is 4.62. The summed E-state index contributed by atoms with van der Waals surface area (Å²) in [5.41, 5.74) is 0. The fourth-order valence-corrected chi connectivity index (χ4v) is 2.00. The summed E-state index contributed by atoms with van der Waals surface area (Å²) >= 11 is 4.21. The third kappa shape index (κ3) is 10.3. The molecule has 0 heterocycles. The van der Waals surface area contributed by atoms with Crippen molar-refractivity contribution in [2.24, 2.45) is 5.92 Å². The molecule has 13 heavy (non-hydrogen) atoms. The maximum atomic E-state index is 4.21. The first-order valence-corrected chi connectivity index (χ1v) is 6.55. The summed E-state index contributed by atoms with van der Waals surface area (Å²) in [7, 11) is 0. The van der Waals surface area contributed by atoms with E-state index in [0.717, 1.165) is 11.7 Å². The quantitative estimate of drug-likeness (QED) is 0.407. The van der Waals surface area contributed by atoms with Crippen molar-refractivity contribution >= 4 is 12.6 Å². The minimum absolute atomic E-state index is 0.954. The Labute approximate surface area is 89.9 Å². The average molecular weight is 202 g/mol. The number of thiol groups is 1. The molecule has 0 aromatic heterocycles. The van der Waals surface area contributed by atoms with Gasteiger partial charge in [-0.15, -0.1) is 0 Å². The summed E-state index contributed by atoms with van der Waals surface area (Å²) in [6.07, 6.45) is 11.2. The topological polar surface area (TPSA) is 0 Å². The van der Waals surface area contributed by atoms with E-state index in [1.54, 1.807) is 0 Å². The van der Waals surface area contributed by atoms with Gasteiger partial charge in [-0.1, -0.05) is 58.8 Å². The number of hydrogen-bond acceptors (Lipinski definition) is 1. The Bertz CT molecular complexity index is 91.1. The van der Waals surface area contributed by atoms with Gasteiger partial charge in [0, 0.05) is 0 Å². The average Bonchev–Trinajstić information content (AvgIpc) is 2.11. The molecule has 0 aliphatic carbocycles. The van der Waals surface area contributed by atoms with Crippen LogP contribution in [0, 0.1) is 5.92 Å². The number of rotatable bonds is 9. The van der Waals surface area contributed by atoms with Crippen LogP contribution >= 0.6 is 12.6 Å². The maximum Gasteiger partial charge on any atom is -0.00979 e. The molecule has 1 unspecified atom stereocenters. The van der Waals surface area contributed by atoms with Gasteiger partial charge in [-0.3, -0.25) is 0 Å². The zero-order chi connectivity index (χ0) is 9.94. The van der Waals surface area contributed by atoms with E-state index in [9.17, 15) is 0 Å². The monoisotopic (exact) mass is 202 g/mol. The molecule has 0 radical (unpaired) electrons. The Morgan fingerprint density at radius 3 is 2.15 bits per heavy atom. The van der Waals surface area contributed by atoms with Crippen LogP contribution in [0.2, 0.25) is 0 Å². The van der Waals surface area contributed by atoms with E-state index < -0.39 is 0 Å². The molecule has 0 fully saturated rings. The van der Waals surface area contributed by atoms with Crippen LogP contribution in [0.25, 0.3) is 0 Å². The Balaban J connectivity index is 2.97. The first kappa shape index (κ1) is 13.4. The zero-order valence-corrected chi connectivity index (χ0v) is 10.3. The van der Waals surface area contributed by atoms with Crippen LogP contribution in [-0.2, 0) is 0 Å². The lowest BCUT2D eigenvalue weighted by Crippen LogP contribution is -1.93. The van der Waals surface area contributed by atoms with E-state index >= 15 is 0 Å². The van der Waals surface area contributed by atoms with Crippen LogP contribution in [0.3, 0.4) is 0 Å². The summed E-state index contributed by atoms with van der Waals surface area (Å²) in [5.74, 6) is 2.02. The van der Waals surface area contributed by atoms with E-state index in [0.29, 0.717) is 0 Å². The third-order valence-electron chi connectivity index (χ3n) is 2.64. The van der Waals surface area contributed by atoms with E-state index in [4.69, 9.17) is 0 Å². The molecule has 0 saturated carbocycles. The van der Waals surface area contributed by atoms with E-state index in [-0.39, 0.29) is 0 Å². The molecule has 0 aliphatic heterocycles. The lowest BCUT2D eigenvalue weighted by atomic mass is 9.98. The van der Waals surface area contributed by atoms with Crippen molar-refractivity contribution in [2.45, 2.75) is 65.2 Å². The SMILES string of the molecule is CCCC(C)CCCCCCCS. The molecule has 0 aromatic carbocycles. The molecule has 0 saturated heterocycles. The molecule has 0 nitrogen and oxygen atoms in total. The van der Waals surface area contributed by atoms with Crippen molar-refractivity contribution in [1.29, 1.82) is 0 Å². The fourth-order valence-electron chi connectivity index (χ4n) is 1.77. The van der Waals surface area contributed by atoms with Gasteiger partial charge in [-0.2, -0.15) is 12.6 Å². The second-order valence-electron chi connectivity index (χ2n) is 4.17. The molecule has 0 spiro atoms. The normalized spacial score (nSPS) is 13.2. The molecule has 0 bridgehead atoms. The lowest BCUT2D eigenvalue weighted by molar-refractivity contribution is 0.453. The van der Waals surface area contributed by atoms with Gasteiger partial charge < -0.3 is 0 Å². The van der Waals surface area contributed by atoms with Crippen LogP contribution in [0.5, 0.6) is 0 Å². The van der Waals surface area contributed by atoms with Crippen molar-refractivity contribution < 1.29 is 0 Å². The molecule has 0 aliphatic rings. The third-order valence-corrected chi connectivity index (χ3v) is 2.95. The summed E-state index contributed by atoms with van der Waals surface area (Å²) < 4.78 is 0. The first-order chi connectivity index (χ1) is 6.31. The van der Waals surface area contributed by atoms with Gasteiger partial charge in [-0.25, -0.2) is 0 Å². The zero-order valence-electron chi connectivity index (χ0n) is 9.39. The van der Waals surface area contributed by atoms with Gasteiger partial charge in [0.25, 0.3) is 0 Å². The summed E-state index contributed by atoms with van der Waals surface area (Å²) in [5, 5.41) is 0. The minimum Gasteiger partial charge on any atom is -0.179 e. The molecule has 0 N–H and O–H groups in total. The first-order valence-electron chi connectivity index (χ1n) is 5.92. The molecule has 0 aromatic rings. The molecular formula is C12H26S. The Morgan fingerprint density at radius 2 is 1.54 bits per heavy atom. The Morgan fingerprint density at radius 1 is 0.923 bits per heavy atom. The second kappa shape index (κ2) is 10.4. The highest BCUT2D eigenvalue weighted by atomic mass is 32.1. The molecule has 0 amide bonds. The predicted octanol–water partition coefficient (Wildman–Crippen LogP) is 4.69. The fraction of sp³-hybridized carbons (Fsp3) is 1.00. The number of hydrogen-bond donors (Lipinski definition) is 1. The predicted molar refractivity (Wildman–Crippen MR) is 65.6 cm³/mol. The largest absolute Gasteiger partial charge is 0.179 e. The Kier molecular flexibility index (Phi) is 10.7. The summed E-state index contributed by atoms with van der Waals surface area (Å²) in [6.45, 7) is 4.67. The molecule has 1 atom stereocenters. The van der Waals surface area contributed by atoms with E-state index in [1.165, 1.54) is 51.4 Å². The van der Waals surface area contributed by atoms with Gasteiger partial charge in [0.05, 0.1) is 0 Å². The summed E-state index contributed by atoms with van der Waals surface area (Å²) in [4.78, 5) is 0. The van der Waals surface area contributed by atoms with Gasteiger partial charge in [-0.05, 0) is 18.1 Å².